The van der Waals surface area contributed by atoms with Crippen LogP contribution in [-0.2, 0) is 4.74 Å². The number of aryl methyl sites for hydroxylation is 2. The van der Waals surface area contributed by atoms with Crippen LogP contribution in [0.2, 0.25) is 0 Å². The van der Waals surface area contributed by atoms with E-state index in [1.165, 1.54) is 4.68 Å². The molecule has 1 N–H and O–H groups in total. The molecule has 2 aromatic heterocycles. The minimum atomic E-state index is -0.643. The van der Waals surface area contributed by atoms with Gasteiger partial charge in [0.1, 0.15) is 10.8 Å². The van der Waals surface area contributed by atoms with E-state index in [0.717, 1.165) is 22.5 Å². The highest BCUT2D eigenvalue weighted by molar-refractivity contribution is 7.16. The summed E-state index contributed by atoms with van der Waals surface area (Å²) in [4.78, 5) is 39.1. The largest absolute Gasteiger partial charge is 0.497 e. The Bertz CT molecular complexity index is 1450. The van der Waals surface area contributed by atoms with Crippen molar-refractivity contribution in [3.63, 3.8) is 0 Å². The third-order valence-electron chi connectivity index (χ3n) is 5.44. The van der Waals surface area contributed by atoms with Gasteiger partial charge in [-0.3, -0.25) is 9.59 Å². The summed E-state index contributed by atoms with van der Waals surface area (Å²) in [6.45, 7) is 5.76. The van der Waals surface area contributed by atoms with Gasteiger partial charge in [0.15, 0.2) is 5.69 Å². The van der Waals surface area contributed by atoms with Gasteiger partial charge in [0.05, 0.1) is 24.8 Å². The van der Waals surface area contributed by atoms with Crippen molar-refractivity contribution in [1.29, 1.82) is 0 Å². The maximum atomic E-state index is 13.5. The molecule has 174 valence electrons. The maximum Gasteiger partial charge on any atom is 0.359 e. The van der Waals surface area contributed by atoms with E-state index in [1.54, 1.807) is 49.7 Å². The fraction of sp³-hybridized carbons (Fsp3) is 0.200. The molecule has 0 aliphatic rings. The summed E-state index contributed by atoms with van der Waals surface area (Å²) in [7, 11) is 1.54. The Hall–Kier alpha value is -3.98. The second kappa shape index (κ2) is 9.48. The SMILES string of the molecule is CCOC(=O)c1nn(-c2ccc(C)c(C)c2)c(=O)c2c(NC(=O)c3ccc(OC)cc3)scc12. The second-order valence-electron chi connectivity index (χ2n) is 7.59. The first-order chi connectivity index (χ1) is 16.3. The Kier molecular flexibility index (Phi) is 6.47. The van der Waals surface area contributed by atoms with Gasteiger partial charge in [-0.25, -0.2) is 4.79 Å². The monoisotopic (exact) mass is 477 g/mol. The number of anilines is 1. The van der Waals surface area contributed by atoms with Crippen LogP contribution in [0.25, 0.3) is 16.5 Å². The Morgan fingerprint density at radius 3 is 2.47 bits per heavy atom. The molecule has 4 rings (SSSR count). The van der Waals surface area contributed by atoms with E-state index in [1.807, 2.05) is 26.0 Å². The number of rotatable bonds is 6. The number of nitrogens with zero attached hydrogens (tertiary/aromatic N) is 2. The van der Waals surface area contributed by atoms with Crippen molar-refractivity contribution in [3.05, 3.63) is 80.6 Å². The normalized spacial score (nSPS) is 10.8. The number of nitrogens with one attached hydrogen (secondary N) is 1. The van der Waals surface area contributed by atoms with Gasteiger partial charge < -0.3 is 14.8 Å². The zero-order chi connectivity index (χ0) is 24.4. The topological polar surface area (TPSA) is 99.5 Å². The fourth-order valence-electron chi connectivity index (χ4n) is 3.44. The van der Waals surface area contributed by atoms with Crippen molar-refractivity contribution in [2.75, 3.05) is 19.0 Å². The summed E-state index contributed by atoms with van der Waals surface area (Å²) >= 11 is 1.15. The van der Waals surface area contributed by atoms with Crippen LogP contribution in [0.15, 0.2) is 52.6 Å². The van der Waals surface area contributed by atoms with Crippen molar-refractivity contribution in [1.82, 2.24) is 9.78 Å². The Labute approximate surface area is 199 Å². The highest BCUT2D eigenvalue weighted by Crippen LogP contribution is 2.31. The van der Waals surface area contributed by atoms with Crippen LogP contribution in [0.3, 0.4) is 0 Å². The van der Waals surface area contributed by atoms with E-state index in [-0.39, 0.29) is 17.7 Å². The predicted molar refractivity (Wildman–Crippen MR) is 132 cm³/mol. The molecule has 0 aliphatic heterocycles. The lowest BCUT2D eigenvalue weighted by Crippen LogP contribution is -2.25. The van der Waals surface area contributed by atoms with Crippen LogP contribution in [0, 0.1) is 13.8 Å². The first-order valence-electron chi connectivity index (χ1n) is 10.6. The molecule has 2 heterocycles. The van der Waals surface area contributed by atoms with Crippen molar-refractivity contribution in [2.24, 2.45) is 0 Å². The van der Waals surface area contributed by atoms with E-state index in [9.17, 15) is 14.4 Å². The van der Waals surface area contributed by atoms with Crippen LogP contribution in [0.4, 0.5) is 5.00 Å². The fourth-order valence-corrected chi connectivity index (χ4v) is 4.37. The zero-order valence-corrected chi connectivity index (χ0v) is 20.0. The lowest BCUT2D eigenvalue weighted by molar-refractivity contribution is 0.0520. The smallest absolute Gasteiger partial charge is 0.359 e. The molecule has 0 atom stereocenters. The molecule has 2 aromatic carbocycles. The van der Waals surface area contributed by atoms with E-state index < -0.39 is 17.4 Å². The summed E-state index contributed by atoms with van der Waals surface area (Å²) in [6.07, 6.45) is 0. The van der Waals surface area contributed by atoms with Gasteiger partial charge in [-0.05, 0) is 68.3 Å². The molecule has 0 unspecified atom stereocenters. The molecule has 1 amide bonds. The van der Waals surface area contributed by atoms with E-state index in [4.69, 9.17) is 9.47 Å². The van der Waals surface area contributed by atoms with Gasteiger partial charge in [-0.2, -0.15) is 9.78 Å². The number of fused-ring (bicyclic) bond motifs is 1. The van der Waals surface area contributed by atoms with Gasteiger partial charge in [0.25, 0.3) is 11.5 Å². The molecular formula is C25H23N3O5S. The van der Waals surface area contributed by atoms with Gasteiger partial charge in [-0.15, -0.1) is 11.3 Å². The summed E-state index contributed by atoms with van der Waals surface area (Å²) in [5.74, 6) is -0.409. The summed E-state index contributed by atoms with van der Waals surface area (Å²) in [5, 5.41) is 9.63. The third-order valence-corrected chi connectivity index (χ3v) is 6.33. The minimum Gasteiger partial charge on any atom is -0.497 e. The second-order valence-corrected chi connectivity index (χ2v) is 8.47. The number of hydrogen-bond acceptors (Lipinski definition) is 7. The molecule has 0 fully saturated rings. The summed E-state index contributed by atoms with van der Waals surface area (Å²) in [6, 6.07) is 12.1. The number of carbonyl (C=O) groups is 2. The van der Waals surface area contributed by atoms with Crippen LogP contribution in [0.5, 0.6) is 5.75 Å². The zero-order valence-electron chi connectivity index (χ0n) is 19.2. The number of esters is 1. The quantitative estimate of drug-likeness (QED) is 0.411. The van der Waals surface area contributed by atoms with Crippen molar-refractivity contribution < 1.29 is 19.1 Å². The standard InChI is InChI=1S/C25H23N3O5S/c1-5-33-25(31)21-19-13-34-23(26-22(29)16-7-10-18(32-4)11-8-16)20(19)24(30)28(27-21)17-9-6-14(2)15(3)12-17/h6-13H,5H2,1-4H3,(H,26,29). The molecule has 8 nitrogen and oxygen atoms in total. The van der Waals surface area contributed by atoms with Crippen LogP contribution < -0.4 is 15.6 Å². The molecule has 0 saturated carbocycles. The molecule has 0 aliphatic carbocycles. The van der Waals surface area contributed by atoms with E-state index >= 15 is 0 Å². The van der Waals surface area contributed by atoms with Crippen molar-refractivity contribution >= 4 is 39.0 Å². The molecule has 0 spiro atoms. The molecule has 0 saturated heterocycles. The molecule has 4 aromatic rings. The van der Waals surface area contributed by atoms with Crippen molar-refractivity contribution in [3.8, 4) is 11.4 Å². The van der Waals surface area contributed by atoms with E-state index in [0.29, 0.717) is 27.4 Å². The van der Waals surface area contributed by atoms with Crippen LogP contribution >= 0.6 is 11.3 Å². The van der Waals surface area contributed by atoms with Crippen LogP contribution in [-0.4, -0.2) is 35.4 Å². The first kappa shape index (κ1) is 23.2. The highest BCUT2D eigenvalue weighted by Gasteiger charge is 2.23. The first-order valence-corrected chi connectivity index (χ1v) is 11.5. The summed E-state index contributed by atoms with van der Waals surface area (Å²) < 4.78 is 11.5. The molecule has 34 heavy (non-hydrogen) atoms. The molecule has 0 bridgehead atoms. The minimum absolute atomic E-state index is 0.0101. The number of thiophene rings is 1. The van der Waals surface area contributed by atoms with Gasteiger partial charge in [-0.1, -0.05) is 6.07 Å². The predicted octanol–water partition coefficient (Wildman–Crippen LogP) is 4.50. The maximum absolute atomic E-state index is 13.5. The number of carbonyl (C=O) groups excluding carboxylic acids is 2. The molecule has 0 radical (unpaired) electrons. The third kappa shape index (κ3) is 4.29. The lowest BCUT2D eigenvalue weighted by Gasteiger charge is -2.11. The number of aromatic nitrogens is 2. The Morgan fingerprint density at radius 1 is 1.09 bits per heavy atom. The lowest BCUT2D eigenvalue weighted by atomic mass is 10.1. The highest BCUT2D eigenvalue weighted by atomic mass is 32.1. The number of amides is 1. The van der Waals surface area contributed by atoms with Gasteiger partial charge in [0, 0.05) is 16.3 Å². The van der Waals surface area contributed by atoms with Gasteiger partial charge >= 0.3 is 5.97 Å². The summed E-state index contributed by atoms with van der Waals surface area (Å²) in [5.41, 5.74) is 2.51. The Morgan fingerprint density at radius 2 is 1.82 bits per heavy atom. The van der Waals surface area contributed by atoms with Gasteiger partial charge in [0.2, 0.25) is 0 Å². The average Bonchev–Trinajstić information content (AvgIpc) is 3.25. The number of hydrogen-bond donors (Lipinski definition) is 1. The average molecular weight is 478 g/mol. The number of methoxy groups -OCH3 is 1. The van der Waals surface area contributed by atoms with E-state index in [2.05, 4.69) is 10.4 Å². The molecular weight excluding hydrogens is 454 g/mol. The van der Waals surface area contributed by atoms with Crippen LogP contribution in [0.1, 0.15) is 38.9 Å². The molecule has 9 heteroatoms. The Balaban J connectivity index is 1.86. The number of benzene rings is 2. The van der Waals surface area contributed by atoms with Crippen molar-refractivity contribution in [2.45, 2.75) is 20.8 Å². The number of ether oxygens (including phenoxy) is 2.